The van der Waals surface area contributed by atoms with Gasteiger partial charge in [-0.15, -0.1) is 0 Å². The van der Waals surface area contributed by atoms with E-state index in [1.165, 1.54) is 51.4 Å². The van der Waals surface area contributed by atoms with Crippen LogP contribution in [0.1, 0.15) is 129 Å². The number of carbonyl (C=O) groups excluding carboxylic acids is 2. The topological polar surface area (TPSA) is 76.1 Å². The molecular weight excluding hydrogens is 442 g/mol. The van der Waals surface area contributed by atoms with Gasteiger partial charge in [-0.25, -0.2) is 0 Å². The molecule has 0 aromatic heterocycles. The highest BCUT2D eigenvalue weighted by Gasteiger charge is 2.19. The van der Waals surface area contributed by atoms with Crippen molar-refractivity contribution in [3.63, 3.8) is 0 Å². The lowest BCUT2D eigenvalue weighted by atomic mass is 9.94. The first-order valence-electron chi connectivity index (χ1n) is 14.7. The Labute approximate surface area is 216 Å². The second-order valence-electron chi connectivity index (χ2n) is 9.92. The quantitative estimate of drug-likeness (QED) is 0.0735. The maximum Gasteiger partial charge on any atom is 0.308 e. The SMILES string of the molecule is CCCCCCCCC(CCCCCC)C(=O)OCCCCN(CCCCO)CCCCOC=O. The summed E-state index contributed by atoms with van der Waals surface area (Å²) in [4.78, 5) is 25.4. The molecule has 0 spiro atoms. The van der Waals surface area contributed by atoms with Crippen LogP contribution in [0.25, 0.3) is 0 Å². The van der Waals surface area contributed by atoms with E-state index in [1.54, 1.807) is 0 Å². The van der Waals surface area contributed by atoms with E-state index in [9.17, 15) is 9.59 Å². The molecular formula is C29H57NO5. The minimum atomic E-state index is 0.0186. The minimum Gasteiger partial charge on any atom is -0.468 e. The zero-order valence-electron chi connectivity index (χ0n) is 23.2. The number of aliphatic hydroxyl groups is 1. The van der Waals surface area contributed by atoms with Crippen LogP contribution in [-0.4, -0.2) is 61.9 Å². The lowest BCUT2D eigenvalue weighted by Crippen LogP contribution is -2.28. The summed E-state index contributed by atoms with van der Waals surface area (Å²) in [7, 11) is 0. The van der Waals surface area contributed by atoms with Crippen molar-refractivity contribution in [3.8, 4) is 0 Å². The maximum atomic E-state index is 12.8. The molecule has 208 valence electrons. The molecule has 0 aliphatic rings. The van der Waals surface area contributed by atoms with E-state index in [1.807, 2.05) is 0 Å². The van der Waals surface area contributed by atoms with Gasteiger partial charge in [-0.05, 0) is 71.0 Å². The van der Waals surface area contributed by atoms with Gasteiger partial charge < -0.3 is 19.5 Å². The fourth-order valence-corrected chi connectivity index (χ4v) is 4.45. The number of aliphatic hydroxyl groups excluding tert-OH is 1. The summed E-state index contributed by atoms with van der Waals surface area (Å²) in [6.45, 7) is 9.08. The second-order valence-corrected chi connectivity index (χ2v) is 9.92. The molecule has 0 heterocycles. The normalized spacial score (nSPS) is 12.1. The number of hydrogen-bond donors (Lipinski definition) is 1. The fourth-order valence-electron chi connectivity index (χ4n) is 4.45. The standard InChI is InChI=1S/C29H57NO5/c1-3-5-7-9-10-12-20-28(19-11-8-6-4-2)29(33)35-26-18-15-23-30(21-13-16-24-31)22-14-17-25-34-27-32/h27-28,31H,3-26H2,1-2H3. The summed E-state index contributed by atoms with van der Waals surface area (Å²) in [6.07, 6.45) is 19.8. The van der Waals surface area contributed by atoms with Gasteiger partial charge in [0.1, 0.15) is 0 Å². The van der Waals surface area contributed by atoms with E-state index >= 15 is 0 Å². The van der Waals surface area contributed by atoms with Crippen LogP contribution in [-0.2, 0) is 19.1 Å². The maximum absolute atomic E-state index is 12.8. The first-order valence-corrected chi connectivity index (χ1v) is 14.7. The average Bonchev–Trinajstić information content (AvgIpc) is 2.86. The molecule has 0 radical (unpaired) electrons. The highest BCUT2D eigenvalue weighted by Crippen LogP contribution is 2.20. The second kappa shape index (κ2) is 27.4. The fraction of sp³-hybridized carbons (Fsp3) is 0.931. The van der Waals surface area contributed by atoms with Crippen LogP contribution in [0.15, 0.2) is 0 Å². The smallest absolute Gasteiger partial charge is 0.308 e. The Morgan fingerprint density at radius 3 is 1.80 bits per heavy atom. The molecule has 0 fully saturated rings. The number of carbonyl (C=O) groups is 2. The van der Waals surface area contributed by atoms with E-state index < -0.39 is 0 Å². The van der Waals surface area contributed by atoms with Crippen molar-refractivity contribution in [2.45, 2.75) is 129 Å². The Kier molecular flexibility index (Phi) is 26.6. The molecule has 0 aliphatic heterocycles. The van der Waals surface area contributed by atoms with Crippen molar-refractivity contribution in [2.75, 3.05) is 39.5 Å². The van der Waals surface area contributed by atoms with Gasteiger partial charge in [-0.1, -0.05) is 78.1 Å². The zero-order chi connectivity index (χ0) is 25.8. The average molecular weight is 500 g/mol. The Morgan fingerprint density at radius 2 is 1.23 bits per heavy atom. The third kappa shape index (κ3) is 23.0. The number of nitrogens with zero attached hydrogens (tertiary/aromatic N) is 1. The largest absolute Gasteiger partial charge is 0.468 e. The summed E-state index contributed by atoms with van der Waals surface area (Å²) < 4.78 is 10.5. The van der Waals surface area contributed by atoms with Crippen molar-refractivity contribution in [1.82, 2.24) is 4.90 Å². The van der Waals surface area contributed by atoms with Gasteiger partial charge in [0, 0.05) is 6.61 Å². The Bertz CT molecular complexity index is 460. The molecule has 0 amide bonds. The number of hydrogen-bond acceptors (Lipinski definition) is 6. The van der Waals surface area contributed by atoms with Crippen LogP contribution in [0.2, 0.25) is 0 Å². The monoisotopic (exact) mass is 499 g/mol. The number of rotatable bonds is 28. The summed E-state index contributed by atoms with van der Waals surface area (Å²) >= 11 is 0. The molecule has 35 heavy (non-hydrogen) atoms. The molecule has 0 aromatic rings. The Morgan fingerprint density at radius 1 is 0.714 bits per heavy atom. The molecule has 1 atom stereocenters. The van der Waals surface area contributed by atoms with Gasteiger partial charge in [-0.2, -0.15) is 0 Å². The lowest BCUT2D eigenvalue weighted by molar-refractivity contribution is -0.149. The van der Waals surface area contributed by atoms with E-state index in [4.69, 9.17) is 14.6 Å². The number of ether oxygens (including phenoxy) is 2. The van der Waals surface area contributed by atoms with Crippen LogP contribution < -0.4 is 0 Å². The van der Waals surface area contributed by atoms with Gasteiger partial charge in [0.05, 0.1) is 19.1 Å². The predicted molar refractivity (Wildman–Crippen MR) is 144 cm³/mol. The highest BCUT2D eigenvalue weighted by molar-refractivity contribution is 5.72. The van der Waals surface area contributed by atoms with Crippen LogP contribution in [0.5, 0.6) is 0 Å². The van der Waals surface area contributed by atoms with Crippen molar-refractivity contribution < 1.29 is 24.2 Å². The van der Waals surface area contributed by atoms with Gasteiger partial charge >= 0.3 is 5.97 Å². The zero-order valence-corrected chi connectivity index (χ0v) is 23.2. The molecule has 0 saturated carbocycles. The number of esters is 1. The summed E-state index contributed by atoms with van der Waals surface area (Å²) in [5.41, 5.74) is 0. The van der Waals surface area contributed by atoms with Gasteiger partial charge in [0.15, 0.2) is 0 Å². The van der Waals surface area contributed by atoms with Crippen LogP contribution in [0.3, 0.4) is 0 Å². The van der Waals surface area contributed by atoms with Crippen molar-refractivity contribution in [1.29, 1.82) is 0 Å². The molecule has 1 N–H and O–H groups in total. The Hall–Kier alpha value is -1.14. The molecule has 0 aliphatic carbocycles. The van der Waals surface area contributed by atoms with Crippen LogP contribution in [0, 0.1) is 5.92 Å². The summed E-state index contributed by atoms with van der Waals surface area (Å²) in [5.74, 6) is 0.0895. The third-order valence-electron chi connectivity index (χ3n) is 6.70. The third-order valence-corrected chi connectivity index (χ3v) is 6.70. The predicted octanol–water partition coefficient (Wildman–Crippen LogP) is 6.67. The van der Waals surface area contributed by atoms with Gasteiger partial charge in [-0.3, -0.25) is 9.59 Å². The highest BCUT2D eigenvalue weighted by atomic mass is 16.5. The van der Waals surface area contributed by atoms with Gasteiger partial charge in [0.25, 0.3) is 6.47 Å². The molecule has 0 rings (SSSR count). The molecule has 0 bridgehead atoms. The lowest BCUT2D eigenvalue weighted by Gasteiger charge is -2.22. The van der Waals surface area contributed by atoms with Crippen LogP contribution >= 0.6 is 0 Å². The first-order chi connectivity index (χ1) is 17.2. The first kappa shape index (κ1) is 33.9. The molecule has 0 aromatic carbocycles. The van der Waals surface area contributed by atoms with E-state index in [0.717, 1.165) is 83.8 Å². The van der Waals surface area contributed by atoms with Crippen LogP contribution in [0.4, 0.5) is 0 Å². The minimum absolute atomic E-state index is 0.0186. The molecule has 6 heteroatoms. The van der Waals surface area contributed by atoms with Crippen molar-refractivity contribution >= 4 is 12.4 Å². The van der Waals surface area contributed by atoms with E-state index in [-0.39, 0.29) is 18.5 Å². The number of unbranched alkanes of at least 4 members (excludes halogenated alkanes) is 11. The molecule has 1 unspecified atom stereocenters. The summed E-state index contributed by atoms with van der Waals surface area (Å²) in [5, 5.41) is 9.06. The molecule has 0 saturated heterocycles. The van der Waals surface area contributed by atoms with Gasteiger partial charge in [0.2, 0.25) is 0 Å². The summed E-state index contributed by atoms with van der Waals surface area (Å²) in [6, 6.07) is 0. The van der Waals surface area contributed by atoms with Crippen molar-refractivity contribution in [3.05, 3.63) is 0 Å². The van der Waals surface area contributed by atoms with E-state index in [0.29, 0.717) is 19.7 Å². The Balaban J connectivity index is 4.27. The van der Waals surface area contributed by atoms with E-state index in [2.05, 4.69) is 18.7 Å². The molecule has 6 nitrogen and oxygen atoms in total. The van der Waals surface area contributed by atoms with Crippen molar-refractivity contribution in [2.24, 2.45) is 5.92 Å².